The molecule has 1 fully saturated rings. The van der Waals surface area contributed by atoms with Crippen LogP contribution >= 0.6 is 0 Å². The van der Waals surface area contributed by atoms with E-state index >= 15 is 0 Å². The van der Waals surface area contributed by atoms with Crippen LogP contribution in [0.1, 0.15) is 49.9 Å². The molecule has 1 heterocycles. The van der Waals surface area contributed by atoms with Crippen molar-refractivity contribution in [3.05, 3.63) is 24.0 Å². The Hall–Kier alpha value is -2.11. The third kappa shape index (κ3) is 4.44. The predicted molar refractivity (Wildman–Crippen MR) is 79.4 cm³/mol. The molecule has 114 valence electrons. The fraction of sp³-hybridized carbons (Fsp3) is 0.533. The van der Waals surface area contributed by atoms with Crippen LogP contribution in [0.4, 0.5) is 10.5 Å². The van der Waals surface area contributed by atoms with Crippen LogP contribution in [-0.4, -0.2) is 28.1 Å². The van der Waals surface area contributed by atoms with Gasteiger partial charge in [-0.3, -0.25) is 4.98 Å². The Balaban J connectivity index is 1.88. The van der Waals surface area contributed by atoms with E-state index in [4.69, 9.17) is 5.11 Å². The topological polar surface area (TPSA) is 91.3 Å². The maximum Gasteiger partial charge on any atom is 0.337 e. The number of carboxylic acids is 1. The van der Waals surface area contributed by atoms with Crippen molar-refractivity contribution in [1.29, 1.82) is 0 Å². The molecule has 1 aliphatic rings. The van der Waals surface area contributed by atoms with Crippen LogP contribution in [-0.2, 0) is 0 Å². The Kier molecular flexibility index (Phi) is 4.45. The molecule has 2 rings (SSSR count). The number of carbonyl (C=O) groups excluding carboxylic acids is 1. The van der Waals surface area contributed by atoms with Gasteiger partial charge in [0.15, 0.2) is 0 Å². The first-order valence-corrected chi connectivity index (χ1v) is 7.12. The molecule has 1 aliphatic carbocycles. The highest BCUT2D eigenvalue weighted by molar-refractivity contribution is 5.92. The second-order valence-electron chi connectivity index (χ2n) is 6.30. The van der Waals surface area contributed by atoms with Crippen LogP contribution < -0.4 is 10.6 Å². The average Bonchev–Trinajstić information content (AvgIpc) is 2.41. The summed E-state index contributed by atoms with van der Waals surface area (Å²) < 4.78 is 0. The normalized spacial score (nSPS) is 18.0. The van der Waals surface area contributed by atoms with Crippen molar-refractivity contribution in [3.8, 4) is 0 Å². The van der Waals surface area contributed by atoms with Crippen LogP contribution in [0.2, 0.25) is 0 Å². The first-order chi connectivity index (χ1) is 9.85. The molecule has 1 saturated carbocycles. The molecule has 3 N–H and O–H groups in total. The molecule has 0 bridgehead atoms. The summed E-state index contributed by atoms with van der Waals surface area (Å²) in [7, 11) is 0. The molecule has 1 aromatic heterocycles. The molecule has 0 aromatic carbocycles. The summed E-state index contributed by atoms with van der Waals surface area (Å²) in [5.41, 5.74) is 0.782. The second kappa shape index (κ2) is 6.11. The number of carbonyl (C=O) groups is 2. The smallest absolute Gasteiger partial charge is 0.337 e. The van der Waals surface area contributed by atoms with E-state index in [1.54, 1.807) is 0 Å². The summed E-state index contributed by atoms with van der Waals surface area (Å²) in [4.78, 5) is 26.6. The zero-order valence-electron chi connectivity index (χ0n) is 12.3. The van der Waals surface area contributed by atoms with E-state index in [0.717, 1.165) is 25.7 Å². The van der Waals surface area contributed by atoms with Crippen LogP contribution in [0, 0.1) is 5.41 Å². The number of nitrogens with zero attached hydrogens (tertiary/aromatic N) is 1. The largest absolute Gasteiger partial charge is 0.478 e. The Morgan fingerprint density at radius 1 is 1.29 bits per heavy atom. The summed E-state index contributed by atoms with van der Waals surface area (Å²) in [6.45, 7) is 4.48. The molecule has 0 saturated heterocycles. The Bertz CT molecular complexity index is 533. The fourth-order valence-electron chi connectivity index (χ4n) is 2.52. The van der Waals surface area contributed by atoms with E-state index < -0.39 is 5.97 Å². The molecule has 1 aromatic rings. The number of amides is 2. The van der Waals surface area contributed by atoms with Gasteiger partial charge in [-0.2, -0.15) is 0 Å². The third-order valence-corrected chi connectivity index (χ3v) is 3.92. The fourth-order valence-corrected chi connectivity index (χ4v) is 2.52. The van der Waals surface area contributed by atoms with Crippen LogP contribution in [0.5, 0.6) is 0 Å². The minimum atomic E-state index is -1.07. The lowest BCUT2D eigenvalue weighted by molar-refractivity contribution is 0.0696. The second-order valence-corrected chi connectivity index (χ2v) is 6.30. The Labute approximate surface area is 124 Å². The van der Waals surface area contributed by atoms with Gasteiger partial charge in [0, 0.05) is 12.2 Å². The van der Waals surface area contributed by atoms with Gasteiger partial charge in [0.2, 0.25) is 0 Å². The lowest BCUT2D eigenvalue weighted by Gasteiger charge is -2.34. The Morgan fingerprint density at radius 3 is 2.57 bits per heavy atom. The zero-order valence-corrected chi connectivity index (χ0v) is 12.3. The number of nitrogens with one attached hydrogen (secondary N) is 2. The highest BCUT2D eigenvalue weighted by Gasteiger charge is 2.27. The van der Waals surface area contributed by atoms with Gasteiger partial charge in [0.25, 0.3) is 0 Å². The molecule has 2 amide bonds. The van der Waals surface area contributed by atoms with Gasteiger partial charge in [-0.1, -0.05) is 13.8 Å². The van der Waals surface area contributed by atoms with Crippen molar-refractivity contribution < 1.29 is 14.7 Å². The third-order valence-electron chi connectivity index (χ3n) is 3.92. The average molecular weight is 291 g/mol. The van der Waals surface area contributed by atoms with Gasteiger partial charge in [0.05, 0.1) is 17.4 Å². The lowest BCUT2D eigenvalue weighted by Crippen LogP contribution is -2.41. The molecule has 6 nitrogen and oxygen atoms in total. The molecule has 0 aliphatic heterocycles. The summed E-state index contributed by atoms with van der Waals surface area (Å²) in [6.07, 6.45) is 6.79. The summed E-state index contributed by atoms with van der Waals surface area (Å²) >= 11 is 0. The van der Waals surface area contributed by atoms with Crippen LogP contribution in [0.25, 0.3) is 0 Å². The molecule has 0 spiro atoms. The van der Waals surface area contributed by atoms with Gasteiger partial charge in [-0.05, 0) is 37.2 Å². The van der Waals surface area contributed by atoms with Gasteiger partial charge in [0.1, 0.15) is 0 Å². The zero-order chi connectivity index (χ0) is 15.5. The molecule has 0 atom stereocenters. The van der Waals surface area contributed by atoms with E-state index in [1.165, 1.54) is 18.5 Å². The van der Waals surface area contributed by atoms with Crippen molar-refractivity contribution in [2.24, 2.45) is 5.41 Å². The molecule has 0 unspecified atom stereocenters. The van der Waals surface area contributed by atoms with Gasteiger partial charge in [-0.25, -0.2) is 9.59 Å². The van der Waals surface area contributed by atoms with Crippen LogP contribution in [0.15, 0.2) is 18.5 Å². The van der Waals surface area contributed by atoms with Crippen molar-refractivity contribution in [1.82, 2.24) is 10.3 Å². The molecular weight excluding hydrogens is 270 g/mol. The number of rotatable bonds is 3. The highest BCUT2D eigenvalue weighted by atomic mass is 16.4. The van der Waals surface area contributed by atoms with Gasteiger partial charge < -0.3 is 15.7 Å². The minimum absolute atomic E-state index is 0.0483. The summed E-state index contributed by atoms with van der Waals surface area (Å²) in [5, 5.41) is 14.4. The number of hydrogen-bond acceptors (Lipinski definition) is 3. The van der Waals surface area contributed by atoms with Crippen molar-refractivity contribution in [3.63, 3.8) is 0 Å². The number of hydrogen-bond donors (Lipinski definition) is 3. The lowest BCUT2D eigenvalue weighted by atomic mass is 9.76. The predicted octanol–water partition coefficient (Wildman–Crippen LogP) is 2.87. The maximum atomic E-state index is 11.9. The Morgan fingerprint density at radius 2 is 1.95 bits per heavy atom. The standard InChI is InChI=1S/C15H21N3O3/c1-15(2)5-3-11(4-6-15)17-14(21)18-12-7-10(13(19)20)8-16-9-12/h7-9,11H,3-6H2,1-2H3,(H,19,20)(H2,17,18,21). The van der Waals surface area contributed by atoms with Gasteiger partial charge >= 0.3 is 12.0 Å². The van der Waals surface area contributed by atoms with Crippen molar-refractivity contribution in [2.75, 3.05) is 5.32 Å². The van der Waals surface area contributed by atoms with E-state index in [1.807, 2.05) is 0 Å². The SMILES string of the molecule is CC1(C)CCC(NC(=O)Nc2cncc(C(=O)O)c2)CC1. The number of pyridine rings is 1. The number of aromatic carboxylic acids is 1. The first-order valence-electron chi connectivity index (χ1n) is 7.12. The van der Waals surface area contributed by atoms with Crippen molar-refractivity contribution in [2.45, 2.75) is 45.6 Å². The number of anilines is 1. The van der Waals surface area contributed by atoms with Crippen LogP contribution in [0.3, 0.4) is 0 Å². The number of urea groups is 1. The highest BCUT2D eigenvalue weighted by Crippen LogP contribution is 2.34. The molecule has 0 radical (unpaired) electrons. The van der Waals surface area contributed by atoms with Crippen molar-refractivity contribution >= 4 is 17.7 Å². The number of carboxylic acid groups (broad SMARTS) is 1. The minimum Gasteiger partial charge on any atom is -0.478 e. The quantitative estimate of drug-likeness (QED) is 0.798. The maximum absolute atomic E-state index is 11.9. The van der Waals surface area contributed by atoms with E-state index in [2.05, 4.69) is 29.5 Å². The molecule has 6 heteroatoms. The molecule has 21 heavy (non-hydrogen) atoms. The summed E-state index contributed by atoms with van der Waals surface area (Å²) in [5.74, 6) is -1.07. The monoisotopic (exact) mass is 291 g/mol. The molecular formula is C15H21N3O3. The number of aromatic nitrogens is 1. The first kappa shape index (κ1) is 15.3. The van der Waals surface area contributed by atoms with E-state index in [0.29, 0.717) is 11.1 Å². The summed E-state index contributed by atoms with van der Waals surface area (Å²) in [6, 6.07) is 1.25. The van der Waals surface area contributed by atoms with E-state index in [9.17, 15) is 9.59 Å². The van der Waals surface area contributed by atoms with E-state index in [-0.39, 0.29) is 17.6 Å². The van der Waals surface area contributed by atoms with Gasteiger partial charge in [-0.15, -0.1) is 0 Å².